The third-order valence-electron chi connectivity index (χ3n) is 3.38. The predicted octanol–water partition coefficient (Wildman–Crippen LogP) is 0.523. The number of ether oxygens (including phenoxy) is 1. The number of aliphatic hydroxyl groups is 1. The van der Waals surface area contributed by atoms with E-state index in [2.05, 4.69) is 10.6 Å². The summed E-state index contributed by atoms with van der Waals surface area (Å²) in [7, 11) is 0. The molecular weight excluding hydrogens is 256 g/mol. The van der Waals surface area contributed by atoms with Crippen LogP contribution >= 0.6 is 0 Å². The number of rotatable bonds is 5. The van der Waals surface area contributed by atoms with E-state index < -0.39 is 6.10 Å². The first-order chi connectivity index (χ1) is 9.65. The molecular formula is C15H22N2O3. The van der Waals surface area contributed by atoms with Crippen molar-refractivity contribution in [3.63, 3.8) is 0 Å². The molecule has 0 bridgehead atoms. The molecule has 1 aromatic carbocycles. The minimum absolute atomic E-state index is 0.0697. The van der Waals surface area contributed by atoms with Gasteiger partial charge in [-0.3, -0.25) is 4.79 Å². The zero-order chi connectivity index (χ0) is 14.4. The topological polar surface area (TPSA) is 70.6 Å². The Bertz CT molecular complexity index is 427. The first-order valence-corrected chi connectivity index (χ1v) is 6.97. The molecule has 110 valence electrons. The normalized spacial score (nSPS) is 20.4. The van der Waals surface area contributed by atoms with Gasteiger partial charge in [-0.2, -0.15) is 0 Å². The molecule has 2 rings (SSSR count). The average molecular weight is 278 g/mol. The molecule has 0 saturated carbocycles. The lowest BCUT2D eigenvalue weighted by molar-refractivity contribution is -0.122. The molecule has 5 nitrogen and oxygen atoms in total. The number of amides is 1. The highest BCUT2D eigenvalue weighted by molar-refractivity contribution is 5.76. The van der Waals surface area contributed by atoms with Gasteiger partial charge in [0.15, 0.2) is 0 Å². The van der Waals surface area contributed by atoms with Crippen molar-refractivity contribution in [2.75, 3.05) is 26.3 Å². The van der Waals surface area contributed by atoms with E-state index in [1.807, 2.05) is 31.2 Å². The van der Waals surface area contributed by atoms with Crippen molar-refractivity contribution in [1.82, 2.24) is 10.6 Å². The summed E-state index contributed by atoms with van der Waals surface area (Å²) in [4.78, 5) is 11.8. The van der Waals surface area contributed by atoms with E-state index in [-0.39, 0.29) is 18.5 Å². The standard InChI is InChI=1S/C15H22N2O3/c1-11-2-4-12(5-3-11)14(18)9-17-15(19)8-13-10-20-7-6-16-13/h2-5,13-14,16,18H,6-10H2,1H3,(H,17,19). The second-order valence-electron chi connectivity index (χ2n) is 5.16. The molecule has 5 heteroatoms. The van der Waals surface area contributed by atoms with Crippen molar-refractivity contribution >= 4 is 5.91 Å². The van der Waals surface area contributed by atoms with Crippen LogP contribution in [0.3, 0.4) is 0 Å². The Morgan fingerprint density at radius 1 is 1.50 bits per heavy atom. The van der Waals surface area contributed by atoms with Crippen molar-refractivity contribution in [3.05, 3.63) is 35.4 Å². The fourth-order valence-corrected chi connectivity index (χ4v) is 2.16. The Morgan fingerprint density at radius 3 is 2.90 bits per heavy atom. The molecule has 1 aliphatic heterocycles. The molecule has 20 heavy (non-hydrogen) atoms. The summed E-state index contributed by atoms with van der Waals surface area (Å²) in [6.45, 7) is 4.27. The lowest BCUT2D eigenvalue weighted by Gasteiger charge is -2.23. The summed E-state index contributed by atoms with van der Waals surface area (Å²) >= 11 is 0. The Hall–Kier alpha value is -1.43. The fourth-order valence-electron chi connectivity index (χ4n) is 2.16. The van der Waals surface area contributed by atoms with Crippen molar-refractivity contribution < 1.29 is 14.6 Å². The van der Waals surface area contributed by atoms with Gasteiger partial charge in [0.25, 0.3) is 0 Å². The molecule has 1 saturated heterocycles. The number of hydrogen-bond donors (Lipinski definition) is 3. The summed E-state index contributed by atoms with van der Waals surface area (Å²) in [5.41, 5.74) is 1.96. The summed E-state index contributed by atoms with van der Waals surface area (Å²) in [6.07, 6.45) is -0.296. The molecule has 0 radical (unpaired) electrons. The molecule has 3 N–H and O–H groups in total. The number of carbonyl (C=O) groups is 1. The van der Waals surface area contributed by atoms with E-state index in [1.165, 1.54) is 0 Å². The van der Waals surface area contributed by atoms with Gasteiger partial charge in [-0.05, 0) is 12.5 Å². The number of carbonyl (C=O) groups excluding carboxylic acids is 1. The van der Waals surface area contributed by atoms with E-state index in [0.29, 0.717) is 19.6 Å². The van der Waals surface area contributed by atoms with Crippen molar-refractivity contribution in [2.24, 2.45) is 0 Å². The highest BCUT2D eigenvalue weighted by Gasteiger charge is 2.17. The highest BCUT2D eigenvalue weighted by Crippen LogP contribution is 2.12. The maximum atomic E-state index is 11.8. The zero-order valence-electron chi connectivity index (χ0n) is 11.8. The summed E-state index contributed by atoms with van der Waals surface area (Å²) in [6, 6.07) is 7.72. The third kappa shape index (κ3) is 4.59. The summed E-state index contributed by atoms with van der Waals surface area (Å²) in [5.74, 6) is -0.0702. The molecule has 2 atom stereocenters. The van der Waals surface area contributed by atoms with E-state index in [0.717, 1.165) is 17.7 Å². The van der Waals surface area contributed by atoms with Crippen LogP contribution in [-0.4, -0.2) is 43.4 Å². The number of aryl methyl sites for hydroxylation is 1. The number of morpholine rings is 1. The maximum Gasteiger partial charge on any atom is 0.221 e. The molecule has 1 amide bonds. The van der Waals surface area contributed by atoms with Crippen LogP contribution in [0.4, 0.5) is 0 Å². The molecule has 1 aliphatic rings. The SMILES string of the molecule is Cc1ccc(C(O)CNC(=O)CC2COCCN2)cc1. The second kappa shape index (κ2) is 7.38. The highest BCUT2D eigenvalue weighted by atomic mass is 16.5. The van der Waals surface area contributed by atoms with Gasteiger partial charge < -0.3 is 20.5 Å². The van der Waals surface area contributed by atoms with Crippen LogP contribution < -0.4 is 10.6 Å². The number of hydrogen-bond acceptors (Lipinski definition) is 4. The quantitative estimate of drug-likeness (QED) is 0.734. The van der Waals surface area contributed by atoms with E-state index >= 15 is 0 Å². The Balaban J connectivity index is 1.73. The van der Waals surface area contributed by atoms with E-state index in [4.69, 9.17) is 4.74 Å². The van der Waals surface area contributed by atoms with Crippen LogP contribution in [0.25, 0.3) is 0 Å². The van der Waals surface area contributed by atoms with Gasteiger partial charge in [0.2, 0.25) is 5.91 Å². The number of benzene rings is 1. The zero-order valence-corrected chi connectivity index (χ0v) is 11.8. The van der Waals surface area contributed by atoms with Gasteiger partial charge in [0, 0.05) is 25.6 Å². The molecule has 0 aromatic heterocycles. The number of aliphatic hydroxyl groups excluding tert-OH is 1. The third-order valence-corrected chi connectivity index (χ3v) is 3.38. The van der Waals surface area contributed by atoms with Crippen LogP contribution in [0.1, 0.15) is 23.7 Å². The minimum atomic E-state index is -0.671. The number of nitrogens with one attached hydrogen (secondary N) is 2. The Labute approximate surface area is 119 Å². The first kappa shape index (κ1) is 15.0. The Kier molecular flexibility index (Phi) is 5.52. The van der Waals surface area contributed by atoms with E-state index in [9.17, 15) is 9.90 Å². The molecule has 1 fully saturated rings. The first-order valence-electron chi connectivity index (χ1n) is 6.97. The molecule has 0 spiro atoms. The molecule has 2 unspecified atom stereocenters. The molecule has 1 aromatic rings. The smallest absolute Gasteiger partial charge is 0.221 e. The van der Waals surface area contributed by atoms with Crippen molar-refractivity contribution in [3.8, 4) is 0 Å². The van der Waals surface area contributed by atoms with Gasteiger partial charge in [-0.1, -0.05) is 29.8 Å². The minimum Gasteiger partial charge on any atom is -0.387 e. The van der Waals surface area contributed by atoms with Crippen LogP contribution in [0, 0.1) is 6.92 Å². The van der Waals surface area contributed by atoms with E-state index in [1.54, 1.807) is 0 Å². The van der Waals surface area contributed by atoms with Crippen LogP contribution in [0.15, 0.2) is 24.3 Å². The molecule has 1 heterocycles. The second-order valence-corrected chi connectivity index (χ2v) is 5.16. The maximum absolute atomic E-state index is 11.8. The van der Waals surface area contributed by atoms with Crippen molar-refractivity contribution in [2.45, 2.75) is 25.5 Å². The lowest BCUT2D eigenvalue weighted by Crippen LogP contribution is -2.44. The predicted molar refractivity (Wildman–Crippen MR) is 76.4 cm³/mol. The summed E-state index contributed by atoms with van der Waals surface area (Å²) < 4.78 is 5.30. The van der Waals surface area contributed by atoms with Gasteiger partial charge in [-0.15, -0.1) is 0 Å². The van der Waals surface area contributed by atoms with Crippen LogP contribution in [-0.2, 0) is 9.53 Å². The lowest BCUT2D eigenvalue weighted by atomic mass is 10.1. The van der Waals surface area contributed by atoms with Crippen molar-refractivity contribution in [1.29, 1.82) is 0 Å². The van der Waals surface area contributed by atoms with Crippen LogP contribution in [0.5, 0.6) is 0 Å². The van der Waals surface area contributed by atoms with Gasteiger partial charge in [-0.25, -0.2) is 0 Å². The van der Waals surface area contributed by atoms with Crippen LogP contribution in [0.2, 0.25) is 0 Å². The monoisotopic (exact) mass is 278 g/mol. The Morgan fingerprint density at radius 2 is 2.25 bits per heavy atom. The average Bonchev–Trinajstić information content (AvgIpc) is 2.46. The largest absolute Gasteiger partial charge is 0.387 e. The fraction of sp³-hybridized carbons (Fsp3) is 0.533. The van der Waals surface area contributed by atoms with Gasteiger partial charge in [0.05, 0.1) is 19.3 Å². The van der Waals surface area contributed by atoms with Gasteiger partial charge in [0.1, 0.15) is 0 Å². The van der Waals surface area contributed by atoms with Gasteiger partial charge >= 0.3 is 0 Å². The summed E-state index contributed by atoms with van der Waals surface area (Å²) in [5, 5.41) is 16.0. The molecule has 0 aliphatic carbocycles.